The summed E-state index contributed by atoms with van der Waals surface area (Å²) >= 11 is 3.49. The summed E-state index contributed by atoms with van der Waals surface area (Å²) in [5.74, 6) is 0.582. The number of benzene rings is 2. The fourth-order valence-electron chi connectivity index (χ4n) is 2.64. The van der Waals surface area contributed by atoms with Gasteiger partial charge in [0.05, 0.1) is 6.04 Å². The van der Waals surface area contributed by atoms with Crippen molar-refractivity contribution in [2.75, 3.05) is 0 Å². The van der Waals surface area contributed by atoms with Crippen molar-refractivity contribution in [3.8, 4) is 0 Å². The molecule has 0 heterocycles. The Morgan fingerprint density at radius 1 is 1.14 bits per heavy atom. The van der Waals surface area contributed by atoms with Crippen molar-refractivity contribution >= 4 is 21.8 Å². The predicted octanol–water partition coefficient (Wildman–Crippen LogP) is 4.64. The van der Waals surface area contributed by atoms with Gasteiger partial charge in [0.25, 0.3) is 5.91 Å². The molecule has 0 spiro atoms. The molecule has 0 saturated heterocycles. The monoisotopic (exact) mass is 343 g/mol. The highest BCUT2D eigenvalue weighted by molar-refractivity contribution is 9.10. The zero-order chi connectivity index (χ0) is 14.8. The van der Waals surface area contributed by atoms with E-state index in [1.165, 1.54) is 18.4 Å². The molecule has 3 heteroatoms. The molecule has 0 radical (unpaired) electrons. The van der Waals surface area contributed by atoms with Gasteiger partial charge in [-0.15, -0.1) is 0 Å². The van der Waals surface area contributed by atoms with Crippen molar-refractivity contribution in [2.24, 2.45) is 5.92 Å². The van der Waals surface area contributed by atoms with Crippen molar-refractivity contribution in [3.63, 3.8) is 0 Å². The molecule has 0 aliphatic heterocycles. The average molecular weight is 344 g/mol. The van der Waals surface area contributed by atoms with Crippen LogP contribution in [0.1, 0.15) is 40.4 Å². The lowest BCUT2D eigenvalue weighted by Crippen LogP contribution is -2.30. The number of carbonyl (C=O) groups is 1. The van der Waals surface area contributed by atoms with Crippen molar-refractivity contribution in [2.45, 2.75) is 25.8 Å². The van der Waals surface area contributed by atoms with E-state index in [9.17, 15) is 4.79 Å². The maximum Gasteiger partial charge on any atom is 0.252 e. The summed E-state index contributed by atoms with van der Waals surface area (Å²) in [6.45, 7) is 1.97. The van der Waals surface area contributed by atoms with Crippen LogP contribution < -0.4 is 5.32 Å². The molecule has 2 nitrogen and oxygen atoms in total. The summed E-state index contributed by atoms with van der Waals surface area (Å²) < 4.78 is 0.970. The van der Waals surface area contributed by atoms with Gasteiger partial charge in [0.2, 0.25) is 0 Å². The van der Waals surface area contributed by atoms with E-state index >= 15 is 0 Å². The average Bonchev–Trinajstić information content (AvgIpc) is 3.33. The number of hydrogen-bond donors (Lipinski definition) is 1. The molecule has 1 amide bonds. The second-order valence-corrected chi connectivity index (χ2v) is 6.47. The SMILES string of the molecule is Cc1c(Br)cccc1C(=O)NC(c1ccccc1)C1CC1. The Kier molecular flexibility index (Phi) is 4.11. The standard InChI is InChI=1S/C18H18BrNO/c1-12-15(8-5-9-16(12)19)18(21)20-17(14-10-11-14)13-6-3-2-4-7-13/h2-9,14,17H,10-11H2,1H3,(H,20,21). The van der Waals surface area contributed by atoms with Gasteiger partial charge in [0, 0.05) is 10.0 Å². The number of carbonyl (C=O) groups excluding carboxylic acids is 1. The quantitative estimate of drug-likeness (QED) is 0.860. The van der Waals surface area contributed by atoms with Crippen molar-refractivity contribution in [1.82, 2.24) is 5.32 Å². The summed E-state index contributed by atoms with van der Waals surface area (Å²) in [6, 6.07) is 16.1. The van der Waals surface area contributed by atoms with Crippen LogP contribution >= 0.6 is 15.9 Å². The number of amides is 1. The molecule has 21 heavy (non-hydrogen) atoms. The third-order valence-electron chi connectivity index (χ3n) is 4.05. The fourth-order valence-corrected chi connectivity index (χ4v) is 3.00. The van der Waals surface area contributed by atoms with Gasteiger partial charge in [-0.3, -0.25) is 4.79 Å². The van der Waals surface area contributed by atoms with Crippen LogP contribution in [0.15, 0.2) is 53.0 Å². The lowest BCUT2D eigenvalue weighted by Gasteiger charge is -2.19. The molecule has 1 saturated carbocycles. The third kappa shape index (κ3) is 3.18. The molecule has 1 unspecified atom stereocenters. The molecular formula is C18H18BrNO. The normalized spacial score (nSPS) is 15.5. The topological polar surface area (TPSA) is 29.1 Å². The van der Waals surface area contributed by atoms with Crippen LogP contribution in [-0.2, 0) is 0 Å². The Balaban J connectivity index is 1.83. The van der Waals surface area contributed by atoms with Crippen LogP contribution in [0.3, 0.4) is 0 Å². The Bertz CT molecular complexity index is 650. The summed E-state index contributed by atoms with van der Waals surface area (Å²) in [5, 5.41) is 3.22. The van der Waals surface area contributed by atoms with Crippen LogP contribution in [0, 0.1) is 12.8 Å². The first-order valence-electron chi connectivity index (χ1n) is 7.27. The van der Waals surface area contributed by atoms with E-state index < -0.39 is 0 Å². The third-order valence-corrected chi connectivity index (χ3v) is 4.91. The molecule has 1 aliphatic carbocycles. The van der Waals surface area contributed by atoms with Gasteiger partial charge in [-0.1, -0.05) is 52.3 Å². The highest BCUT2D eigenvalue weighted by Crippen LogP contribution is 2.41. The van der Waals surface area contributed by atoms with Crippen molar-refractivity contribution in [1.29, 1.82) is 0 Å². The van der Waals surface area contributed by atoms with Gasteiger partial charge in [0.1, 0.15) is 0 Å². The number of nitrogens with one attached hydrogen (secondary N) is 1. The number of hydrogen-bond acceptors (Lipinski definition) is 1. The molecule has 1 aliphatic rings. The van der Waals surface area contributed by atoms with Crippen LogP contribution in [0.4, 0.5) is 0 Å². The Morgan fingerprint density at radius 2 is 1.86 bits per heavy atom. The van der Waals surface area contributed by atoms with E-state index in [0.29, 0.717) is 5.92 Å². The van der Waals surface area contributed by atoms with Crippen LogP contribution in [0.5, 0.6) is 0 Å². The second-order valence-electron chi connectivity index (χ2n) is 5.61. The lowest BCUT2D eigenvalue weighted by atomic mass is 10.0. The molecule has 1 fully saturated rings. The highest BCUT2D eigenvalue weighted by atomic mass is 79.9. The Labute approximate surface area is 133 Å². The maximum absolute atomic E-state index is 12.6. The minimum Gasteiger partial charge on any atom is -0.345 e. The molecule has 1 atom stereocenters. The van der Waals surface area contributed by atoms with Crippen LogP contribution in [0.2, 0.25) is 0 Å². The maximum atomic E-state index is 12.6. The summed E-state index contributed by atoms with van der Waals surface area (Å²) in [7, 11) is 0. The molecule has 2 aromatic rings. The van der Waals surface area contributed by atoms with E-state index in [2.05, 4.69) is 33.4 Å². The minimum absolute atomic E-state index is 0.00885. The molecule has 0 aromatic heterocycles. The summed E-state index contributed by atoms with van der Waals surface area (Å²) in [5.41, 5.74) is 2.92. The molecule has 2 aromatic carbocycles. The van der Waals surface area contributed by atoms with Gasteiger partial charge in [-0.25, -0.2) is 0 Å². The molecule has 0 bridgehead atoms. The lowest BCUT2D eigenvalue weighted by molar-refractivity contribution is 0.0931. The second kappa shape index (κ2) is 6.02. The predicted molar refractivity (Wildman–Crippen MR) is 88.3 cm³/mol. The fraction of sp³-hybridized carbons (Fsp3) is 0.278. The molecule has 3 rings (SSSR count). The van der Waals surface area contributed by atoms with Gasteiger partial charge >= 0.3 is 0 Å². The summed E-state index contributed by atoms with van der Waals surface area (Å²) in [6.07, 6.45) is 2.38. The first-order valence-corrected chi connectivity index (χ1v) is 8.07. The number of halogens is 1. The van der Waals surface area contributed by atoms with E-state index in [0.717, 1.165) is 15.6 Å². The van der Waals surface area contributed by atoms with Crippen LogP contribution in [0.25, 0.3) is 0 Å². The first kappa shape index (κ1) is 14.3. The van der Waals surface area contributed by atoms with Gasteiger partial charge in [0.15, 0.2) is 0 Å². The van der Waals surface area contributed by atoms with Gasteiger partial charge < -0.3 is 5.32 Å². The molecular weight excluding hydrogens is 326 g/mol. The zero-order valence-corrected chi connectivity index (χ0v) is 13.6. The Hall–Kier alpha value is -1.61. The summed E-state index contributed by atoms with van der Waals surface area (Å²) in [4.78, 5) is 12.6. The van der Waals surface area contributed by atoms with E-state index in [-0.39, 0.29) is 11.9 Å². The van der Waals surface area contributed by atoms with Crippen LogP contribution in [-0.4, -0.2) is 5.91 Å². The molecule has 1 N–H and O–H groups in total. The van der Waals surface area contributed by atoms with Gasteiger partial charge in [-0.05, 0) is 48.9 Å². The first-order chi connectivity index (χ1) is 10.2. The minimum atomic E-state index is 0.00885. The highest BCUT2D eigenvalue weighted by Gasteiger charge is 2.33. The number of rotatable bonds is 4. The smallest absolute Gasteiger partial charge is 0.252 e. The van der Waals surface area contributed by atoms with E-state index in [1.807, 2.05) is 43.3 Å². The Morgan fingerprint density at radius 3 is 2.52 bits per heavy atom. The zero-order valence-electron chi connectivity index (χ0n) is 12.0. The van der Waals surface area contributed by atoms with Crippen molar-refractivity contribution < 1.29 is 4.79 Å². The molecule has 108 valence electrons. The van der Waals surface area contributed by atoms with E-state index in [4.69, 9.17) is 0 Å². The largest absolute Gasteiger partial charge is 0.345 e. The van der Waals surface area contributed by atoms with Crippen molar-refractivity contribution in [3.05, 3.63) is 69.7 Å². The van der Waals surface area contributed by atoms with E-state index in [1.54, 1.807) is 0 Å². The van der Waals surface area contributed by atoms with Gasteiger partial charge in [-0.2, -0.15) is 0 Å².